The van der Waals surface area contributed by atoms with Crippen LogP contribution >= 0.6 is 11.5 Å². The molecule has 0 aliphatic rings. The van der Waals surface area contributed by atoms with Gasteiger partial charge in [0.2, 0.25) is 0 Å². The van der Waals surface area contributed by atoms with Crippen molar-refractivity contribution in [3.05, 3.63) is 11.1 Å². The summed E-state index contributed by atoms with van der Waals surface area (Å²) >= 11 is 1.11. The van der Waals surface area contributed by atoms with Crippen molar-refractivity contribution in [1.29, 1.82) is 5.26 Å². The van der Waals surface area contributed by atoms with E-state index in [-0.39, 0.29) is 11.6 Å². The van der Waals surface area contributed by atoms with Crippen molar-refractivity contribution in [3.63, 3.8) is 0 Å². The molecule has 0 aliphatic carbocycles. The van der Waals surface area contributed by atoms with Crippen LogP contribution < -0.4 is 5.32 Å². The molecule has 0 aromatic carbocycles. The number of rotatable bonds is 4. The Bertz CT molecular complexity index is 330. The Hall–Kier alpha value is -1.48. The zero-order valence-electron chi connectivity index (χ0n) is 7.73. The summed E-state index contributed by atoms with van der Waals surface area (Å²) in [6, 6.07) is 1.58. The smallest absolute Gasteiger partial charge is 0.273 e. The van der Waals surface area contributed by atoms with Crippen LogP contribution in [0.25, 0.3) is 0 Å². The first-order valence-electron chi connectivity index (χ1n) is 4.25. The number of nitriles is 1. The molecule has 6 heteroatoms. The second-order valence-electron chi connectivity index (χ2n) is 2.73. The van der Waals surface area contributed by atoms with E-state index in [1.54, 1.807) is 5.38 Å². The quantitative estimate of drug-likeness (QED) is 0.802. The molecule has 0 bridgehead atoms. The Morgan fingerprint density at radius 2 is 2.64 bits per heavy atom. The molecule has 0 spiro atoms. The Morgan fingerprint density at radius 1 is 1.86 bits per heavy atom. The fourth-order valence-corrected chi connectivity index (χ4v) is 1.39. The maximum absolute atomic E-state index is 11.4. The van der Waals surface area contributed by atoms with E-state index in [1.165, 1.54) is 0 Å². The average Bonchev–Trinajstić information content (AvgIpc) is 2.69. The van der Waals surface area contributed by atoms with E-state index in [4.69, 9.17) is 5.26 Å². The molecule has 1 amide bonds. The summed E-state index contributed by atoms with van der Waals surface area (Å²) < 4.78 is 3.57. The molecular weight excluding hydrogens is 200 g/mol. The first-order valence-corrected chi connectivity index (χ1v) is 5.09. The van der Waals surface area contributed by atoms with E-state index in [2.05, 4.69) is 14.9 Å². The van der Waals surface area contributed by atoms with Gasteiger partial charge in [-0.3, -0.25) is 4.79 Å². The van der Waals surface area contributed by atoms with Gasteiger partial charge in [-0.2, -0.15) is 5.26 Å². The normalized spacial score (nSPS) is 11.7. The summed E-state index contributed by atoms with van der Waals surface area (Å²) in [6.45, 7) is 1.96. The van der Waals surface area contributed by atoms with Crippen molar-refractivity contribution < 1.29 is 4.79 Å². The third-order valence-electron chi connectivity index (χ3n) is 1.63. The Kier molecular flexibility index (Phi) is 4.01. The highest BCUT2D eigenvalue weighted by molar-refractivity contribution is 7.03. The Labute approximate surface area is 85.9 Å². The zero-order chi connectivity index (χ0) is 10.4. The van der Waals surface area contributed by atoms with Gasteiger partial charge >= 0.3 is 0 Å². The van der Waals surface area contributed by atoms with Crippen LogP contribution in [-0.2, 0) is 0 Å². The molecule has 1 heterocycles. The third-order valence-corrected chi connectivity index (χ3v) is 2.14. The lowest BCUT2D eigenvalue weighted by Crippen LogP contribution is -2.33. The van der Waals surface area contributed by atoms with Crippen LogP contribution in [0.4, 0.5) is 0 Å². The minimum Gasteiger partial charge on any atom is -0.335 e. The van der Waals surface area contributed by atoms with Crippen molar-refractivity contribution in [2.75, 3.05) is 0 Å². The van der Waals surface area contributed by atoms with Crippen molar-refractivity contribution in [2.24, 2.45) is 0 Å². The van der Waals surface area contributed by atoms with Crippen molar-refractivity contribution in [3.8, 4) is 6.07 Å². The lowest BCUT2D eigenvalue weighted by Gasteiger charge is -2.07. The number of amides is 1. The lowest BCUT2D eigenvalue weighted by molar-refractivity contribution is 0.0939. The van der Waals surface area contributed by atoms with Crippen molar-refractivity contribution in [1.82, 2.24) is 14.9 Å². The van der Waals surface area contributed by atoms with Gasteiger partial charge in [-0.15, -0.1) is 5.10 Å². The molecule has 1 unspecified atom stereocenters. The molecule has 0 saturated carbocycles. The maximum Gasteiger partial charge on any atom is 0.273 e. The number of nitrogens with zero attached hydrogens (tertiary/aromatic N) is 3. The summed E-state index contributed by atoms with van der Waals surface area (Å²) in [6.07, 6.45) is 1.51. The monoisotopic (exact) mass is 210 g/mol. The van der Waals surface area contributed by atoms with E-state index in [0.717, 1.165) is 18.0 Å². The number of aromatic nitrogens is 2. The SMILES string of the molecule is CCCC(C#N)NC(=O)c1csnn1. The topological polar surface area (TPSA) is 78.7 Å². The highest BCUT2D eigenvalue weighted by Gasteiger charge is 2.13. The van der Waals surface area contributed by atoms with Crippen molar-refractivity contribution in [2.45, 2.75) is 25.8 Å². The number of carbonyl (C=O) groups excluding carboxylic acids is 1. The van der Waals surface area contributed by atoms with E-state index < -0.39 is 6.04 Å². The van der Waals surface area contributed by atoms with Crippen LogP contribution in [-0.4, -0.2) is 21.5 Å². The van der Waals surface area contributed by atoms with Gasteiger partial charge < -0.3 is 5.32 Å². The first kappa shape index (κ1) is 10.6. The summed E-state index contributed by atoms with van der Waals surface area (Å²) in [7, 11) is 0. The van der Waals surface area contributed by atoms with E-state index >= 15 is 0 Å². The molecular formula is C8H10N4OS. The van der Waals surface area contributed by atoms with Gasteiger partial charge in [0.05, 0.1) is 6.07 Å². The molecule has 0 aliphatic heterocycles. The summed E-state index contributed by atoms with van der Waals surface area (Å²) in [5.74, 6) is -0.334. The van der Waals surface area contributed by atoms with Crippen molar-refractivity contribution >= 4 is 17.4 Å². The summed E-state index contributed by atoms with van der Waals surface area (Å²) in [4.78, 5) is 11.4. The molecule has 0 saturated heterocycles. The van der Waals surface area contributed by atoms with Crippen LogP contribution in [0.3, 0.4) is 0 Å². The number of hydrogen-bond donors (Lipinski definition) is 1. The molecule has 5 nitrogen and oxygen atoms in total. The molecule has 1 rings (SSSR count). The molecule has 1 N–H and O–H groups in total. The second kappa shape index (κ2) is 5.29. The largest absolute Gasteiger partial charge is 0.335 e. The molecule has 0 radical (unpaired) electrons. The molecule has 0 fully saturated rings. The molecule has 74 valence electrons. The minimum atomic E-state index is -0.436. The van der Waals surface area contributed by atoms with Crippen LogP contribution in [0.1, 0.15) is 30.3 Å². The predicted octanol–water partition coefficient (Wildman–Crippen LogP) is 0.960. The van der Waals surface area contributed by atoms with Crippen LogP contribution in [0.2, 0.25) is 0 Å². The van der Waals surface area contributed by atoms with Crippen LogP contribution in [0.15, 0.2) is 5.38 Å². The molecule has 1 aromatic heterocycles. The standard InChI is InChI=1S/C8H10N4OS/c1-2-3-6(4-9)10-8(13)7-5-14-12-11-7/h5-6H,2-3H2,1H3,(H,10,13). The first-order chi connectivity index (χ1) is 6.77. The van der Waals surface area contributed by atoms with E-state index in [0.29, 0.717) is 6.42 Å². The highest BCUT2D eigenvalue weighted by atomic mass is 32.1. The third kappa shape index (κ3) is 2.78. The fourth-order valence-electron chi connectivity index (χ4n) is 0.953. The van der Waals surface area contributed by atoms with Gasteiger partial charge in [-0.1, -0.05) is 17.8 Å². The Balaban J connectivity index is 2.52. The van der Waals surface area contributed by atoms with Gasteiger partial charge in [0.15, 0.2) is 5.69 Å². The Morgan fingerprint density at radius 3 is 3.14 bits per heavy atom. The van der Waals surface area contributed by atoms with Crippen LogP contribution in [0, 0.1) is 11.3 Å². The van der Waals surface area contributed by atoms with Gasteiger partial charge in [0, 0.05) is 5.38 Å². The lowest BCUT2D eigenvalue weighted by atomic mass is 10.2. The number of hydrogen-bond acceptors (Lipinski definition) is 5. The average molecular weight is 210 g/mol. The molecule has 14 heavy (non-hydrogen) atoms. The van der Waals surface area contributed by atoms with E-state index in [9.17, 15) is 4.79 Å². The maximum atomic E-state index is 11.4. The van der Waals surface area contributed by atoms with E-state index in [1.807, 2.05) is 13.0 Å². The predicted molar refractivity (Wildman–Crippen MR) is 51.7 cm³/mol. The minimum absolute atomic E-state index is 0.270. The molecule has 1 atom stereocenters. The van der Waals surface area contributed by atoms with Gasteiger partial charge in [0.25, 0.3) is 5.91 Å². The second-order valence-corrected chi connectivity index (χ2v) is 3.34. The number of nitrogens with one attached hydrogen (secondary N) is 1. The summed E-state index contributed by atoms with van der Waals surface area (Å²) in [5.41, 5.74) is 0.270. The van der Waals surface area contributed by atoms with Gasteiger partial charge in [0.1, 0.15) is 6.04 Å². The highest BCUT2D eigenvalue weighted by Crippen LogP contribution is 2.00. The van der Waals surface area contributed by atoms with Crippen LogP contribution in [0.5, 0.6) is 0 Å². The fraction of sp³-hybridized carbons (Fsp3) is 0.500. The summed E-state index contributed by atoms with van der Waals surface area (Å²) in [5, 5.41) is 16.4. The zero-order valence-corrected chi connectivity index (χ0v) is 8.54. The van der Waals surface area contributed by atoms with Gasteiger partial charge in [-0.25, -0.2) is 0 Å². The molecule has 1 aromatic rings. The van der Waals surface area contributed by atoms with Gasteiger partial charge in [-0.05, 0) is 18.0 Å². The number of carbonyl (C=O) groups is 1.